The van der Waals surface area contributed by atoms with Gasteiger partial charge in [0, 0.05) is 21.5 Å². The predicted octanol–water partition coefficient (Wildman–Crippen LogP) is 17.5. The van der Waals surface area contributed by atoms with Crippen LogP contribution in [0.5, 0.6) is 0 Å². The first-order valence-corrected chi connectivity index (χ1v) is 22.2. The minimum atomic E-state index is -4.89. The Morgan fingerprint density at radius 1 is 0.403 bits per heavy atom. The van der Waals surface area contributed by atoms with E-state index in [9.17, 15) is 10.5 Å². The fraction of sp³-hybridized carbons (Fsp3) is 0.0164. The lowest BCUT2D eigenvalue weighted by atomic mass is 9.94. The average molecular weight is 931 g/mol. The van der Waals surface area contributed by atoms with Crippen LogP contribution in [0.4, 0.5) is 35.9 Å². The lowest BCUT2D eigenvalue weighted by molar-refractivity contribution is -0.137. The van der Waals surface area contributed by atoms with E-state index in [1.165, 1.54) is 12.1 Å². The van der Waals surface area contributed by atoms with Crippen LogP contribution in [0, 0.1) is 49.0 Å². The van der Waals surface area contributed by atoms with Gasteiger partial charge in [-0.15, -0.1) is 0 Å². The number of halogens is 3. The molecule has 2 aromatic heterocycles. The Labute approximate surface area is 410 Å². The van der Waals surface area contributed by atoms with Crippen LogP contribution in [-0.2, 0) is 6.18 Å². The van der Waals surface area contributed by atoms with Gasteiger partial charge in [-0.25, -0.2) is 19.4 Å². The Bertz CT molecular complexity index is 4300. The molecule has 0 atom stereocenters. The number of alkyl halides is 3. The Morgan fingerprint density at radius 3 is 1.32 bits per heavy atom. The van der Waals surface area contributed by atoms with Gasteiger partial charge in [0.2, 0.25) is 0 Å². The van der Waals surface area contributed by atoms with Gasteiger partial charge in [-0.2, -0.15) is 23.7 Å². The van der Waals surface area contributed by atoms with Crippen molar-refractivity contribution < 1.29 is 13.2 Å². The van der Waals surface area contributed by atoms with Crippen LogP contribution in [0.25, 0.3) is 119 Å². The monoisotopic (exact) mass is 930 g/mol. The van der Waals surface area contributed by atoms with Crippen LogP contribution in [0.2, 0.25) is 0 Å². The highest BCUT2D eigenvalue weighted by Gasteiger charge is 2.36. The summed E-state index contributed by atoms with van der Waals surface area (Å²) in [6, 6.07) is 55.7. The van der Waals surface area contributed by atoms with Crippen molar-refractivity contribution in [2.75, 3.05) is 0 Å². The normalized spacial score (nSPS) is 11.2. The van der Waals surface area contributed by atoms with E-state index < -0.39 is 17.3 Å². The Morgan fingerprint density at radius 2 is 0.833 bits per heavy atom. The van der Waals surface area contributed by atoms with Gasteiger partial charge in [0.25, 0.3) is 0 Å². The molecule has 2 heterocycles. The zero-order valence-corrected chi connectivity index (χ0v) is 37.5. The highest BCUT2D eigenvalue weighted by atomic mass is 19.4. The van der Waals surface area contributed by atoms with Crippen molar-refractivity contribution in [3.8, 4) is 68.0 Å². The minimum absolute atomic E-state index is 0.0963. The van der Waals surface area contributed by atoms with Crippen molar-refractivity contribution in [3.63, 3.8) is 0 Å². The molecular weight excluding hydrogens is 902 g/mol. The van der Waals surface area contributed by atoms with Gasteiger partial charge in [-0.1, -0.05) is 84.9 Å². The Hall–Kier alpha value is -10.7. The molecule has 9 aromatic carbocycles. The average Bonchev–Trinajstić information content (AvgIpc) is 3.93. The smallest absolute Gasteiger partial charge is 0.308 e. The second kappa shape index (κ2) is 17.1. The van der Waals surface area contributed by atoms with Gasteiger partial charge in [0.15, 0.2) is 22.7 Å². The van der Waals surface area contributed by atoms with E-state index in [-0.39, 0.29) is 16.9 Å². The molecule has 0 N–H and O–H groups in total. The molecule has 0 saturated carbocycles. The molecule has 0 radical (unpaired) electrons. The third kappa shape index (κ3) is 7.20. The molecule has 0 unspecified atom stereocenters. The number of hydrogen-bond acceptors (Lipinski definition) is 2. The molecule has 0 aliphatic heterocycles. The first-order chi connectivity index (χ1) is 35.0. The fourth-order valence-corrected chi connectivity index (χ4v) is 9.82. The molecular formula is C61H29F3N8. The van der Waals surface area contributed by atoms with Crippen molar-refractivity contribution in [1.29, 1.82) is 10.5 Å². The third-order valence-electron chi connectivity index (χ3n) is 13.0. The second-order valence-corrected chi connectivity index (χ2v) is 17.0. The summed E-state index contributed by atoms with van der Waals surface area (Å²) in [6.07, 6.45) is -4.89. The molecule has 0 amide bonds. The summed E-state index contributed by atoms with van der Waals surface area (Å²) in [7, 11) is 0. The zero-order valence-electron chi connectivity index (χ0n) is 37.5. The van der Waals surface area contributed by atoms with Gasteiger partial charge in [0.05, 0.1) is 88.6 Å². The maximum atomic E-state index is 15.2. The summed E-state index contributed by atoms with van der Waals surface area (Å²) in [5.41, 5.74) is 8.04. The number of fused-ring (bicyclic) bond motifs is 6. The summed E-state index contributed by atoms with van der Waals surface area (Å²) < 4.78 is 49.4. The molecule has 334 valence electrons. The zero-order chi connectivity index (χ0) is 49.8. The summed E-state index contributed by atoms with van der Waals surface area (Å²) in [6.45, 7) is 32.0. The fourth-order valence-electron chi connectivity index (χ4n) is 9.82. The van der Waals surface area contributed by atoms with Crippen LogP contribution in [0.15, 0.2) is 176 Å². The van der Waals surface area contributed by atoms with E-state index in [2.05, 4.69) is 31.5 Å². The number of hydrogen-bond donors (Lipinski definition) is 0. The first-order valence-electron chi connectivity index (χ1n) is 22.2. The quantitative estimate of drug-likeness (QED) is 0.156. The molecule has 0 bridgehead atoms. The molecule has 0 spiro atoms. The second-order valence-electron chi connectivity index (χ2n) is 17.0. The van der Waals surface area contributed by atoms with Crippen LogP contribution in [-0.4, -0.2) is 9.13 Å². The van der Waals surface area contributed by atoms with E-state index in [1.54, 1.807) is 60.7 Å². The molecule has 72 heavy (non-hydrogen) atoms. The first kappa shape index (κ1) is 43.9. The van der Waals surface area contributed by atoms with Crippen LogP contribution in [0.3, 0.4) is 0 Å². The summed E-state index contributed by atoms with van der Waals surface area (Å²) in [5.74, 6) is 0. The summed E-state index contributed by atoms with van der Waals surface area (Å²) in [4.78, 5) is 14.8. The SMILES string of the molecule is [C-]#[N+]c1cccc(-c2ccc3c(c2)c2cc(-c4cccc([N+]#[C-])c4)ccc2n3-c2cc([N+]#[C-])c(-c3c([N+]#[C-])cccc3C(F)(F)F)cc2-n2c3ccc(C#N)cc3c3cc(-c4cccc(C#N)c4)ccc32)c1. The van der Waals surface area contributed by atoms with Gasteiger partial charge in [-0.05, 0) is 136 Å². The standard InChI is InChI=1S/C61H29F3N8/c1-67-44-13-6-11-39(27-44)42-19-23-56-48(30-42)49-31-43(40-12-7-14-45(28-40)68-2)20-24-57(49)72(56)59-33-53(70-4)50(60-51(61(62,63)64)15-8-16-52(60)69-3)32-58(59)71-54-21-17-37(35-66)26-46(54)47-29-41(18-22-55(47)71)38-10-5-9-36(25-38)34-65/h5-33H. The number of aromatic nitrogens is 2. The van der Waals surface area contributed by atoms with Crippen molar-refractivity contribution >= 4 is 66.4 Å². The van der Waals surface area contributed by atoms with Crippen molar-refractivity contribution in [2.24, 2.45) is 0 Å². The van der Waals surface area contributed by atoms with E-state index in [1.807, 2.05) is 106 Å². The molecule has 11 rings (SSSR count). The molecule has 0 aliphatic carbocycles. The van der Waals surface area contributed by atoms with E-state index in [0.29, 0.717) is 66.7 Å². The maximum absolute atomic E-state index is 15.2. The Kier molecular flexibility index (Phi) is 10.4. The summed E-state index contributed by atoms with van der Waals surface area (Å²) in [5, 5.41) is 22.9. The van der Waals surface area contributed by atoms with Gasteiger partial charge < -0.3 is 9.13 Å². The summed E-state index contributed by atoms with van der Waals surface area (Å²) >= 11 is 0. The van der Waals surface area contributed by atoms with Gasteiger partial charge in [-0.3, -0.25) is 0 Å². The van der Waals surface area contributed by atoms with E-state index >= 15 is 13.2 Å². The number of nitriles is 2. The van der Waals surface area contributed by atoms with Gasteiger partial charge >= 0.3 is 6.18 Å². The lowest BCUT2D eigenvalue weighted by Crippen LogP contribution is -2.08. The van der Waals surface area contributed by atoms with Gasteiger partial charge in [0.1, 0.15) is 0 Å². The van der Waals surface area contributed by atoms with Crippen molar-refractivity contribution in [3.05, 3.63) is 238 Å². The molecule has 0 saturated heterocycles. The van der Waals surface area contributed by atoms with Crippen molar-refractivity contribution in [2.45, 2.75) is 6.18 Å². The highest BCUT2D eigenvalue weighted by molar-refractivity contribution is 6.14. The highest BCUT2D eigenvalue weighted by Crippen LogP contribution is 2.50. The molecule has 11 heteroatoms. The maximum Gasteiger partial charge on any atom is 0.415 e. The van der Waals surface area contributed by atoms with Crippen LogP contribution in [0.1, 0.15) is 16.7 Å². The number of rotatable bonds is 6. The van der Waals surface area contributed by atoms with E-state index in [0.717, 1.165) is 50.2 Å². The number of benzene rings is 9. The van der Waals surface area contributed by atoms with Crippen LogP contribution < -0.4 is 0 Å². The number of nitrogens with zero attached hydrogens (tertiary/aromatic N) is 8. The minimum Gasteiger partial charge on any atom is -0.308 e. The van der Waals surface area contributed by atoms with Crippen LogP contribution >= 0.6 is 0 Å². The van der Waals surface area contributed by atoms with E-state index in [4.69, 9.17) is 26.3 Å². The predicted molar refractivity (Wildman–Crippen MR) is 276 cm³/mol. The third-order valence-corrected chi connectivity index (χ3v) is 13.0. The van der Waals surface area contributed by atoms with Crippen molar-refractivity contribution in [1.82, 2.24) is 9.13 Å². The molecule has 8 nitrogen and oxygen atoms in total. The Balaban J connectivity index is 1.30. The lowest BCUT2D eigenvalue weighted by Gasteiger charge is -2.22. The molecule has 11 aromatic rings. The molecule has 0 fully saturated rings. The topological polar surface area (TPSA) is 74.9 Å². The largest absolute Gasteiger partial charge is 0.415 e. The molecule has 0 aliphatic rings.